The number of halogens is 2. The molecule has 0 bridgehead atoms. The van der Waals surface area contributed by atoms with Gasteiger partial charge in [0.15, 0.2) is 0 Å². The monoisotopic (exact) mass is 335 g/mol. The fourth-order valence-electron chi connectivity index (χ4n) is 2.54. The van der Waals surface area contributed by atoms with Crippen LogP contribution in [0.15, 0.2) is 40.9 Å². The zero-order chi connectivity index (χ0) is 14.7. The van der Waals surface area contributed by atoms with E-state index in [1.165, 1.54) is 0 Å². The fraction of sp³-hybridized carbons (Fsp3) is 0.294. The third-order valence-electron chi connectivity index (χ3n) is 3.38. The topological polar surface area (TPSA) is 12.0 Å². The van der Waals surface area contributed by atoms with Crippen molar-refractivity contribution in [2.24, 2.45) is 0 Å². The number of benzene rings is 2. The van der Waals surface area contributed by atoms with Gasteiger partial charge in [0.1, 0.15) is 5.82 Å². The summed E-state index contributed by atoms with van der Waals surface area (Å²) in [6, 6.07) is 11.5. The Morgan fingerprint density at radius 2 is 1.80 bits per heavy atom. The summed E-state index contributed by atoms with van der Waals surface area (Å²) in [7, 11) is 0. The molecule has 0 amide bonds. The lowest BCUT2D eigenvalue weighted by Gasteiger charge is -2.22. The Kier molecular flexibility index (Phi) is 4.95. The lowest BCUT2D eigenvalue weighted by atomic mass is 9.93. The van der Waals surface area contributed by atoms with E-state index < -0.39 is 0 Å². The van der Waals surface area contributed by atoms with Gasteiger partial charge in [-0.1, -0.05) is 41.1 Å². The van der Waals surface area contributed by atoms with E-state index in [4.69, 9.17) is 0 Å². The molecule has 0 aromatic heterocycles. The molecule has 0 saturated carbocycles. The molecule has 2 rings (SSSR count). The Balaban J connectivity index is 2.51. The summed E-state index contributed by atoms with van der Waals surface area (Å²) < 4.78 is 15.4. The zero-order valence-corrected chi connectivity index (χ0v) is 13.6. The van der Waals surface area contributed by atoms with Crippen molar-refractivity contribution in [2.45, 2.75) is 26.8 Å². The first kappa shape index (κ1) is 15.2. The van der Waals surface area contributed by atoms with Gasteiger partial charge in [-0.2, -0.15) is 0 Å². The van der Waals surface area contributed by atoms with Crippen molar-refractivity contribution in [1.82, 2.24) is 5.32 Å². The fourth-order valence-corrected chi connectivity index (χ4v) is 2.80. The normalized spacial score (nSPS) is 12.4. The van der Waals surface area contributed by atoms with Crippen LogP contribution in [0.4, 0.5) is 4.39 Å². The van der Waals surface area contributed by atoms with Crippen LogP contribution >= 0.6 is 15.9 Å². The van der Waals surface area contributed by atoms with Crippen LogP contribution in [0.3, 0.4) is 0 Å². The van der Waals surface area contributed by atoms with Crippen molar-refractivity contribution in [2.75, 3.05) is 6.54 Å². The molecule has 0 heterocycles. The van der Waals surface area contributed by atoms with Gasteiger partial charge in [0.25, 0.3) is 0 Å². The average molecular weight is 336 g/mol. The Labute approximate surface area is 128 Å². The molecule has 0 spiro atoms. The standard InChI is InChI=1S/C17H19BrFN/c1-4-20-17(13-5-7-14(18)8-6-13)16-12(3)9-11(2)10-15(16)19/h5-10,17,20H,4H2,1-3H3. The number of rotatable bonds is 4. The van der Waals surface area contributed by atoms with Crippen LogP contribution in [0.1, 0.15) is 35.2 Å². The Morgan fingerprint density at radius 1 is 1.15 bits per heavy atom. The van der Waals surface area contributed by atoms with Crippen molar-refractivity contribution in [1.29, 1.82) is 0 Å². The van der Waals surface area contributed by atoms with Gasteiger partial charge in [-0.3, -0.25) is 0 Å². The molecule has 2 aromatic carbocycles. The van der Waals surface area contributed by atoms with E-state index >= 15 is 0 Å². The second-order valence-electron chi connectivity index (χ2n) is 5.02. The van der Waals surface area contributed by atoms with Gasteiger partial charge in [0.2, 0.25) is 0 Å². The van der Waals surface area contributed by atoms with Crippen LogP contribution in [-0.4, -0.2) is 6.54 Å². The Hall–Kier alpha value is -1.19. The number of hydrogen-bond donors (Lipinski definition) is 1. The summed E-state index contributed by atoms with van der Waals surface area (Å²) in [6.45, 7) is 6.71. The van der Waals surface area contributed by atoms with Gasteiger partial charge in [-0.15, -0.1) is 0 Å². The minimum atomic E-state index is -0.142. The smallest absolute Gasteiger partial charge is 0.128 e. The summed E-state index contributed by atoms with van der Waals surface area (Å²) in [4.78, 5) is 0. The van der Waals surface area contributed by atoms with Gasteiger partial charge in [0, 0.05) is 10.0 Å². The van der Waals surface area contributed by atoms with Gasteiger partial charge in [-0.05, 0) is 55.3 Å². The van der Waals surface area contributed by atoms with Crippen LogP contribution in [0.5, 0.6) is 0 Å². The highest BCUT2D eigenvalue weighted by Crippen LogP contribution is 2.29. The van der Waals surface area contributed by atoms with Crippen molar-refractivity contribution in [3.63, 3.8) is 0 Å². The van der Waals surface area contributed by atoms with Crippen LogP contribution in [0, 0.1) is 19.7 Å². The molecule has 3 heteroatoms. The van der Waals surface area contributed by atoms with E-state index in [1.54, 1.807) is 6.07 Å². The minimum Gasteiger partial charge on any atom is -0.306 e. The Morgan fingerprint density at radius 3 is 2.35 bits per heavy atom. The summed E-state index contributed by atoms with van der Waals surface area (Å²) in [5.41, 5.74) is 3.74. The van der Waals surface area contributed by atoms with E-state index in [2.05, 4.69) is 21.2 Å². The van der Waals surface area contributed by atoms with Gasteiger partial charge < -0.3 is 5.32 Å². The molecule has 0 aliphatic carbocycles. The lowest BCUT2D eigenvalue weighted by molar-refractivity contribution is 0.555. The lowest BCUT2D eigenvalue weighted by Crippen LogP contribution is -2.24. The Bertz CT molecular complexity index is 569. The first-order valence-corrected chi connectivity index (χ1v) is 7.57. The molecule has 106 valence electrons. The van der Waals surface area contributed by atoms with E-state index in [-0.39, 0.29) is 11.9 Å². The van der Waals surface area contributed by atoms with Gasteiger partial charge >= 0.3 is 0 Å². The first-order valence-electron chi connectivity index (χ1n) is 6.78. The molecule has 2 aromatic rings. The summed E-state index contributed by atoms with van der Waals surface area (Å²) in [6.07, 6.45) is 0. The van der Waals surface area contributed by atoms with E-state index in [0.717, 1.165) is 33.3 Å². The maximum Gasteiger partial charge on any atom is 0.128 e. The molecule has 1 unspecified atom stereocenters. The average Bonchev–Trinajstić information content (AvgIpc) is 2.37. The highest BCUT2D eigenvalue weighted by molar-refractivity contribution is 9.10. The first-order chi connectivity index (χ1) is 9.52. The maximum absolute atomic E-state index is 14.4. The molecular formula is C17H19BrFN. The molecule has 0 aliphatic rings. The molecule has 1 atom stereocenters. The zero-order valence-electron chi connectivity index (χ0n) is 12.0. The molecule has 1 nitrogen and oxygen atoms in total. The maximum atomic E-state index is 14.4. The molecule has 1 N–H and O–H groups in total. The quantitative estimate of drug-likeness (QED) is 0.837. The van der Waals surface area contributed by atoms with E-state index in [0.29, 0.717) is 0 Å². The molecule has 0 fully saturated rings. The van der Waals surface area contributed by atoms with Crippen molar-refractivity contribution in [3.8, 4) is 0 Å². The van der Waals surface area contributed by atoms with Crippen LogP contribution in [0.25, 0.3) is 0 Å². The van der Waals surface area contributed by atoms with Crippen molar-refractivity contribution >= 4 is 15.9 Å². The predicted octanol–water partition coefficient (Wildman–Crippen LogP) is 4.90. The third kappa shape index (κ3) is 3.28. The minimum absolute atomic E-state index is 0.117. The predicted molar refractivity (Wildman–Crippen MR) is 85.5 cm³/mol. The number of hydrogen-bond acceptors (Lipinski definition) is 1. The molecule has 0 aliphatic heterocycles. The molecular weight excluding hydrogens is 317 g/mol. The van der Waals surface area contributed by atoms with Gasteiger partial charge in [0.05, 0.1) is 6.04 Å². The van der Waals surface area contributed by atoms with Crippen LogP contribution < -0.4 is 5.32 Å². The summed E-state index contributed by atoms with van der Waals surface area (Å²) in [5.74, 6) is -0.142. The second kappa shape index (κ2) is 6.51. The molecule has 0 radical (unpaired) electrons. The highest BCUT2D eigenvalue weighted by Gasteiger charge is 2.19. The van der Waals surface area contributed by atoms with Crippen LogP contribution in [0.2, 0.25) is 0 Å². The summed E-state index contributed by atoms with van der Waals surface area (Å²) >= 11 is 3.43. The number of nitrogens with one attached hydrogen (secondary N) is 1. The highest BCUT2D eigenvalue weighted by atomic mass is 79.9. The van der Waals surface area contributed by atoms with E-state index in [9.17, 15) is 4.39 Å². The third-order valence-corrected chi connectivity index (χ3v) is 3.91. The largest absolute Gasteiger partial charge is 0.306 e. The van der Waals surface area contributed by atoms with Gasteiger partial charge in [-0.25, -0.2) is 4.39 Å². The van der Waals surface area contributed by atoms with Crippen LogP contribution in [-0.2, 0) is 0 Å². The van der Waals surface area contributed by atoms with Crippen molar-refractivity contribution < 1.29 is 4.39 Å². The number of aryl methyl sites for hydroxylation is 2. The molecule has 0 saturated heterocycles. The molecule has 20 heavy (non-hydrogen) atoms. The van der Waals surface area contributed by atoms with Crippen molar-refractivity contribution in [3.05, 3.63) is 68.9 Å². The second-order valence-corrected chi connectivity index (χ2v) is 5.94. The van der Waals surface area contributed by atoms with E-state index in [1.807, 2.05) is 51.1 Å². The summed E-state index contributed by atoms with van der Waals surface area (Å²) in [5, 5.41) is 3.38. The SMILES string of the molecule is CCNC(c1ccc(Br)cc1)c1c(C)cc(C)cc1F.